The first-order valence-electron chi connectivity index (χ1n) is 6.85. The van der Waals surface area contributed by atoms with Crippen LogP contribution in [0.1, 0.15) is 64.7 Å². The summed E-state index contributed by atoms with van der Waals surface area (Å²) in [6, 6.07) is 0. The molecule has 0 aromatic carbocycles. The lowest BCUT2D eigenvalue weighted by Gasteiger charge is -2.12. The van der Waals surface area contributed by atoms with E-state index in [4.69, 9.17) is 15.3 Å². The number of aliphatic hydroxyl groups is 3. The summed E-state index contributed by atoms with van der Waals surface area (Å²) in [5, 5.41) is 26.7. The Morgan fingerprint density at radius 3 is 1.94 bits per heavy atom. The molecule has 0 saturated carbocycles. The maximum Gasteiger partial charge on any atom is 0.206 e. The van der Waals surface area contributed by atoms with Gasteiger partial charge in [0.25, 0.3) is 0 Å². The van der Waals surface area contributed by atoms with Gasteiger partial charge in [0.1, 0.15) is 6.61 Å². The van der Waals surface area contributed by atoms with E-state index >= 15 is 0 Å². The van der Waals surface area contributed by atoms with Gasteiger partial charge in [0.2, 0.25) is 5.79 Å². The number of hydrogen-bond acceptors (Lipinski definition) is 3. The van der Waals surface area contributed by atoms with Crippen molar-refractivity contribution in [1.82, 2.24) is 0 Å². The van der Waals surface area contributed by atoms with Crippen LogP contribution in [0.3, 0.4) is 0 Å². The van der Waals surface area contributed by atoms with Crippen molar-refractivity contribution in [3.8, 4) is 0 Å². The third-order valence-corrected chi connectivity index (χ3v) is 2.84. The fourth-order valence-electron chi connectivity index (χ4n) is 1.72. The first-order chi connectivity index (χ1) is 8.12. The van der Waals surface area contributed by atoms with Crippen LogP contribution in [0.4, 0.5) is 0 Å². The van der Waals surface area contributed by atoms with Crippen LogP contribution in [0.15, 0.2) is 12.2 Å². The molecule has 0 aliphatic rings. The van der Waals surface area contributed by atoms with E-state index < -0.39 is 12.4 Å². The molecule has 0 aromatic heterocycles. The van der Waals surface area contributed by atoms with Crippen molar-refractivity contribution in [3.63, 3.8) is 0 Å². The van der Waals surface area contributed by atoms with E-state index in [1.54, 1.807) is 6.08 Å². The summed E-state index contributed by atoms with van der Waals surface area (Å²) in [6.07, 6.45) is 14.0. The molecule has 0 bridgehead atoms. The van der Waals surface area contributed by atoms with Crippen LogP contribution in [-0.4, -0.2) is 27.7 Å². The second-order valence-corrected chi connectivity index (χ2v) is 4.70. The summed E-state index contributed by atoms with van der Waals surface area (Å²) in [4.78, 5) is 0. The Morgan fingerprint density at radius 2 is 1.41 bits per heavy atom. The van der Waals surface area contributed by atoms with Crippen molar-refractivity contribution in [3.05, 3.63) is 12.2 Å². The minimum absolute atomic E-state index is 0.652. The van der Waals surface area contributed by atoms with E-state index in [0.29, 0.717) is 0 Å². The molecule has 0 aliphatic heterocycles. The first kappa shape index (κ1) is 16.6. The highest BCUT2D eigenvalue weighted by Crippen LogP contribution is 2.10. The molecule has 0 amide bonds. The Labute approximate surface area is 105 Å². The van der Waals surface area contributed by atoms with Crippen LogP contribution in [0.5, 0.6) is 0 Å². The first-order valence-corrected chi connectivity index (χ1v) is 6.85. The molecule has 0 fully saturated rings. The maximum absolute atomic E-state index is 9.07. The van der Waals surface area contributed by atoms with Gasteiger partial charge in [-0.1, -0.05) is 57.9 Å². The zero-order valence-corrected chi connectivity index (χ0v) is 11.1. The predicted octanol–water partition coefficient (Wildman–Crippen LogP) is 2.75. The number of hydrogen-bond donors (Lipinski definition) is 3. The molecule has 102 valence electrons. The lowest BCUT2D eigenvalue weighted by atomic mass is 10.1. The van der Waals surface area contributed by atoms with Gasteiger partial charge in [0.15, 0.2) is 0 Å². The molecular weight excluding hydrogens is 216 g/mol. The summed E-state index contributed by atoms with van der Waals surface area (Å²) < 4.78 is 0. The summed E-state index contributed by atoms with van der Waals surface area (Å²) in [5.41, 5.74) is 0. The second-order valence-electron chi connectivity index (χ2n) is 4.70. The largest absolute Gasteiger partial charge is 0.390 e. The Morgan fingerprint density at radius 1 is 0.882 bits per heavy atom. The van der Waals surface area contributed by atoms with Crippen LogP contribution in [0.25, 0.3) is 0 Å². The SMILES string of the molecule is CCCCCCCCCCC=CC(O)(O)CO. The van der Waals surface area contributed by atoms with Gasteiger partial charge < -0.3 is 15.3 Å². The van der Waals surface area contributed by atoms with E-state index in [-0.39, 0.29) is 0 Å². The van der Waals surface area contributed by atoms with Gasteiger partial charge in [-0.15, -0.1) is 0 Å². The zero-order chi connectivity index (χ0) is 13.0. The van der Waals surface area contributed by atoms with Gasteiger partial charge in [0, 0.05) is 0 Å². The highest BCUT2D eigenvalue weighted by Gasteiger charge is 2.15. The van der Waals surface area contributed by atoms with Gasteiger partial charge in [-0.25, -0.2) is 0 Å². The molecule has 0 heterocycles. The molecule has 0 aliphatic carbocycles. The molecular formula is C14H28O3. The van der Waals surface area contributed by atoms with Crippen LogP contribution >= 0.6 is 0 Å². The van der Waals surface area contributed by atoms with Crippen molar-refractivity contribution < 1.29 is 15.3 Å². The van der Waals surface area contributed by atoms with Crippen LogP contribution in [0, 0.1) is 0 Å². The average molecular weight is 244 g/mol. The zero-order valence-electron chi connectivity index (χ0n) is 11.1. The predicted molar refractivity (Wildman–Crippen MR) is 70.6 cm³/mol. The van der Waals surface area contributed by atoms with E-state index in [1.807, 2.05) is 0 Å². The Balaban J connectivity index is 3.24. The number of rotatable bonds is 11. The number of aliphatic hydroxyl groups excluding tert-OH is 1. The molecule has 3 heteroatoms. The van der Waals surface area contributed by atoms with E-state index in [0.717, 1.165) is 12.8 Å². The summed E-state index contributed by atoms with van der Waals surface area (Å²) >= 11 is 0. The van der Waals surface area contributed by atoms with Crippen molar-refractivity contribution in [2.75, 3.05) is 6.61 Å². The summed E-state index contributed by atoms with van der Waals surface area (Å²) in [7, 11) is 0. The highest BCUT2D eigenvalue weighted by atomic mass is 16.5. The second kappa shape index (κ2) is 10.8. The van der Waals surface area contributed by atoms with Crippen molar-refractivity contribution in [2.45, 2.75) is 70.5 Å². The topological polar surface area (TPSA) is 60.7 Å². The fourth-order valence-corrected chi connectivity index (χ4v) is 1.72. The molecule has 3 nitrogen and oxygen atoms in total. The number of allylic oxidation sites excluding steroid dienone is 1. The molecule has 0 atom stereocenters. The van der Waals surface area contributed by atoms with Crippen LogP contribution in [0.2, 0.25) is 0 Å². The Kier molecular flexibility index (Phi) is 10.5. The Hall–Kier alpha value is -0.380. The van der Waals surface area contributed by atoms with Crippen molar-refractivity contribution in [2.24, 2.45) is 0 Å². The Bertz CT molecular complexity index is 188. The highest BCUT2D eigenvalue weighted by molar-refractivity contribution is 4.93. The average Bonchev–Trinajstić information content (AvgIpc) is 2.31. The monoisotopic (exact) mass is 244 g/mol. The maximum atomic E-state index is 9.07. The molecule has 0 aromatic rings. The van der Waals surface area contributed by atoms with Gasteiger partial charge in [-0.05, 0) is 18.9 Å². The minimum atomic E-state index is -2.04. The number of unbranched alkanes of at least 4 members (excludes halogenated alkanes) is 8. The molecule has 3 N–H and O–H groups in total. The summed E-state index contributed by atoms with van der Waals surface area (Å²) in [6.45, 7) is 1.57. The van der Waals surface area contributed by atoms with Gasteiger partial charge in [-0.2, -0.15) is 0 Å². The molecule has 0 unspecified atom stereocenters. The molecule has 17 heavy (non-hydrogen) atoms. The fraction of sp³-hybridized carbons (Fsp3) is 0.857. The molecule has 0 rings (SSSR count). The standard InChI is InChI=1S/C14H28O3/c1-2-3-4-5-6-7-8-9-10-11-12-14(16,17)13-15/h11-12,15-17H,2-10,13H2,1H3. The van der Waals surface area contributed by atoms with Crippen molar-refractivity contribution >= 4 is 0 Å². The third-order valence-electron chi connectivity index (χ3n) is 2.84. The van der Waals surface area contributed by atoms with Crippen molar-refractivity contribution in [1.29, 1.82) is 0 Å². The smallest absolute Gasteiger partial charge is 0.206 e. The van der Waals surface area contributed by atoms with E-state index in [1.165, 1.54) is 51.0 Å². The summed E-state index contributed by atoms with van der Waals surface area (Å²) in [5.74, 6) is -2.04. The van der Waals surface area contributed by atoms with Gasteiger partial charge in [0.05, 0.1) is 0 Å². The van der Waals surface area contributed by atoms with E-state index in [9.17, 15) is 0 Å². The molecule has 0 saturated heterocycles. The minimum Gasteiger partial charge on any atom is -0.390 e. The quantitative estimate of drug-likeness (QED) is 0.297. The van der Waals surface area contributed by atoms with Gasteiger partial charge in [-0.3, -0.25) is 0 Å². The lowest BCUT2D eigenvalue weighted by molar-refractivity contribution is -0.146. The molecule has 0 radical (unpaired) electrons. The van der Waals surface area contributed by atoms with Gasteiger partial charge >= 0.3 is 0 Å². The lowest BCUT2D eigenvalue weighted by Crippen LogP contribution is -2.29. The molecule has 0 spiro atoms. The van der Waals surface area contributed by atoms with Crippen LogP contribution < -0.4 is 0 Å². The third kappa shape index (κ3) is 11.9. The normalized spacial score (nSPS) is 12.5. The van der Waals surface area contributed by atoms with E-state index in [2.05, 4.69) is 6.92 Å². The van der Waals surface area contributed by atoms with Crippen LogP contribution in [-0.2, 0) is 0 Å².